The number of nitrogens with zero attached hydrogens (tertiary/aromatic N) is 1. The molecule has 0 fully saturated rings. The van der Waals surface area contributed by atoms with E-state index in [2.05, 4.69) is 5.32 Å². The van der Waals surface area contributed by atoms with Gasteiger partial charge in [0, 0.05) is 23.3 Å². The van der Waals surface area contributed by atoms with E-state index in [4.69, 9.17) is 33.0 Å². The normalized spacial score (nSPS) is 10.4. The van der Waals surface area contributed by atoms with Gasteiger partial charge >= 0.3 is 0 Å². The summed E-state index contributed by atoms with van der Waals surface area (Å²) in [5.41, 5.74) is 1.89. The fourth-order valence-corrected chi connectivity index (χ4v) is 2.74. The van der Waals surface area contributed by atoms with Crippen LogP contribution in [0.5, 0.6) is 5.75 Å². The Balaban J connectivity index is 1.61. The third-order valence-electron chi connectivity index (χ3n) is 3.87. The fraction of sp³-hybridized carbons (Fsp3) is 0.150. The maximum absolute atomic E-state index is 5.93. The van der Waals surface area contributed by atoms with Gasteiger partial charge in [0.15, 0.2) is 5.11 Å². The molecule has 6 heteroatoms. The summed E-state index contributed by atoms with van der Waals surface area (Å²) < 4.78 is 11.1. The zero-order valence-corrected chi connectivity index (χ0v) is 16.1. The van der Waals surface area contributed by atoms with Crippen LogP contribution in [0, 0.1) is 0 Å². The molecule has 26 heavy (non-hydrogen) atoms. The number of methoxy groups -OCH3 is 1. The van der Waals surface area contributed by atoms with Crippen molar-refractivity contribution in [2.45, 2.75) is 6.54 Å². The van der Waals surface area contributed by atoms with Gasteiger partial charge in [-0.3, -0.25) is 0 Å². The molecule has 0 atom stereocenters. The highest BCUT2D eigenvalue weighted by Gasteiger charge is 2.10. The Labute approximate surface area is 163 Å². The van der Waals surface area contributed by atoms with Crippen molar-refractivity contribution in [2.24, 2.45) is 0 Å². The van der Waals surface area contributed by atoms with Crippen molar-refractivity contribution in [1.82, 2.24) is 4.90 Å². The Kier molecular flexibility index (Phi) is 5.81. The molecule has 1 aromatic heterocycles. The van der Waals surface area contributed by atoms with Gasteiger partial charge in [0.05, 0.1) is 13.7 Å². The van der Waals surface area contributed by atoms with Crippen LogP contribution in [-0.2, 0) is 6.54 Å². The summed E-state index contributed by atoms with van der Waals surface area (Å²) in [4.78, 5) is 1.92. The largest absolute Gasteiger partial charge is 0.497 e. The lowest BCUT2D eigenvalue weighted by atomic mass is 10.2. The van der Waals surface area contributed by atoms with Crippen LogP contribution >= 0.6 is 23.8 Å². The number of thiocarbonyl (C=S) groups is 1. The highest BCUT2D eigenvalue weighted by molar-refractivity contribution is 7.80. The lowest BCUT2D eigenvalue weighted by molar-refractivity contribution is 0.415. The minimum Gasteiger partial charge on any atom is -0.497 e. The van der Waals surface area contributed by atoms with Gasteiger partial charge in [-0.2, -0.15) is 0 Å². The van der Waals surface area contributed by atoms with E-state index in [0.717, 1.165) is 28.5 Å². The van der Waals surface area contributed by atoms with Gasteiger partial charge in [0.2, 0.25) is 0 Å². The lowest BCUT2D eigenvalue weighted by Gasteiger charge is -2.20. The number of hydrogen-bond donors (Lipinski definition) is 1. The summed E-state index contributed by atoms with van der Waals surface area (Å²) in [5, 5.41) is 4.52. The van der Waals surface area contributed by atoms with Crippen molar-refractivity contribution in [3.63, 3.8) is 0 Å². The number of anilines is 1. The van der Waals surface area contributed by atoms with Crippen LogP contribution in [-0.4, -0.2) is 24.2 Å². The molecule has 0 spiro atoms. The van der Waals surface area contributed by atoms with Crippen LogP contribution < -0.4 is 10.1 Å². The van der Waals surface area contributed by atoms with E-state index >= 15 is 0 Å². The summed E-state index contributed by atoms with van der Waals surface area (Å²) >= 11 is 11.4. The van der Waals surface area contributed by atoms with Crippen molar-refractivity contribution in [1.29, 1.82) is 0 Å². The van der Waals surface area contributed by atoms with Crippen LogP contribution in [0.15, 0.2) is 65.1 Å². The topological polar surface area (TPSA) is 37.6 Å². The summed E-state index contributed by atoms with van der Waals surface area (Å²) in [6.07, 6.45) is 0. The first-order chi connectivity index (χ1) is 12.5. The second kappa shape index (κ2) is 8.25. The summed E-state index contributed by atoms with van der Waals surface area (Å²) in [7, 11) is 3.56. The molecule has 134 valence electrons. The molecule has 0 saturated carbocycles. The Morgan fingerprint density at radius 3 is 2.42 bits per heavy atom. The molecule has 0 amide bonds. The number of benzene rings is 2. The van der Waals surface area contributed by atoms with Crippen LogP contribution in [0.4, 0.5) is 5.69 Å². The SMILES string of the molecule is COc1ccc(NC(=S)N(C)Cc2ccc(-c3ccc(Cl)cc3)o2)cc1. The average Bonchev–Trinajstić information content (AvgIpc) is 3.11. The molecule has 0 radical (unpaired) electrons. The minimum absolute atomic E-state index is 0.565. The molecule has 1 heterocycles. The lowest BCUT2D eigenvalue weighted by Crippen LogP contribution is -2.30. The molecule has 0 aliphatic heterocycles. The number of furan rings is 1. The number of hydrogen-bond acceptors (Lipinski definition) is 3. The zero-order chi connectivity index (χ0) is 18.5. The first kappa shape index (κ1) is 18.3. The van der Waals surface area contributed by atoms with Crippen molar-refractivity contribution in [3.05, 3.63) is 71.4 Å². The Morgan fingerprint density at radius 2 is 1.77 bits per heavy atom. The van der Waals surface area contributed by atoms with Crippen LogP contribution in [0.25, 0.3) is 11.3 Å². The van der Waals surface area contributed by atoms with Gasteiger partial charge in [-0.25, -0.2) is 0 Å². The maximum atomic E-state index is 5.93. The Morgan fingerprint density at radius 1 is 1.08 bits per heavy atom. The van der Waals surface area contributed by atoms with E-state index in [1.807, 2.05) is 72.6 Å². The highest BCUT2D eigenvalue weighted by Crippen LogP contribution is 2.24. The maximum Gasteiger partial charge on any atom is 0.173 e. The molecule has 0 aliphatic carbocycles. The standard InChI is InChI=1S/C20H19ClN2O2S/c1-23(20(26)22-16-7-9-17(24-2)10-8-16)13-18-11-12-19(25-18)14-3-5-15(21)6-4-14/h3-12H,13H2,1-2H3,(H,22,26). The van der Waals surface area contributed by atoms with Gasteiger partial charge in [-0.1, -0.05) is 11.6 Å². The van der Waals surface area contributed by atoms with Gasteiger partial charge in [0.25, 0.3) is 0 Å². The van der Waals surface area contributed by atoms with Gasteiger partial charge in [-0.05, 0) is 72.9 Å². The van der Waals surface area contributed by atoms with E-state index in [-0.39, 0.29) is 0 Å². The van der Waals surface area contributed by atoms with E-state index in [0.29, 0.717) is 16.7 Å². The third kappa shape index (κ3) is 4.56. The van der Waals surface area contributed by atoms with E-state index in [1.165, 1.54) is 0 Å². The van der Waals surface area contributed by atoms with Crippen molar-refractivity contribution in [3.8, 4) is 17.1 Å². The zero-order valence-electron chi connectivity index (χ0n) is 14.5. The summed E-state index contributed by atoms with van der Waals surface area (Å²) in [5.74, 6) is 2.44. The molecule has 3 aromatic rings. The molecule has 2 aromatic carbocycles. The van der Waals surface area contributed by atoms with Crippen LogP contribution in [0.3, 0.4) is 0 Å². The second-order valence-electron chi connectivity index (χ2n) is 5.79. The first-order valence-electron chi connectivity index (χ1n) is 8.06. The molecule has 4 nitrogen and oxygen atoms in total. The highest BCUT2D eigenvalue weighted by atomic mass is 35.5. The van der Waals surface area contributed by atoms with Crippen LogP contribution in [0.1, 0.15) is 5.76 Å². The summed E-state index contributed by atoms with van der Waals surface area (Å²) in [6, 6.07) is 19.1. The minimum atomic E-state index is 0.565. The quantitative estimate of drug-likeness (QED) is 0.591. The molecule has 0 bridgehead atoms. The number of nitrogens with one attached hydrogen (secondary N) is 1. The molecule has 0 unspecified atom stereocenters. The molecule has 3 rings (SSSR count). The predicted molar refractivity (Wildman–Crippen MR) is 110 cm³/mol. The first-order valence-corrected chi connectivity index (χ1v) is 8.84. The summed E-state index contributed by atoms with van der Waals surface area (Å²) in [6.45, 7) is 0.565. The van der Waals surface area contributed by atoms with E-state index < -0.39 is 0 Å². The van der Waals surface area contributed by atoms with Crippen LogP contribution in [0.2, 0.25) is 5.02 Å². The Bertz CT molecular complexity index is 876. The number of ether oxygens (including phenoxy) is 1. The number of rotatable bonds is 5. The smallest absolute Gasteiger partial charge is 0.173 e. The van der Waals surface area contributed by atoms with Crippen molar-refractivity contribution >= 4 is 34.6 Å². The molecule has 0 aliphatic rings. The third-order valence-corrected chi connectivity index (χ3v) is 4.54. The molecular formula is C20H19ClN2O2S. The molecule has 0 saturated heterocycles. The number of halogens is 1. The predicted octanol–water partition coefficient (Wildman–Crippen LogP) is 5.44. The monoisotopic (exact) mass is 386 g/mol. The molecular weight excluding hydrogens is 368 g/mol. The van der Waals surface area contributed by atoms with E-state index in [9.17, 15) is 0 Å². The van der Waals surface area contributed by atoms with Gasteiger partial charge < -0.3 is 19.4 Å². The van der Waals surface area contributed by atoms with Gasteiger partial charge in [0.1, 0.15) is 17.3 Å². The average molecular weight is 387 g/mol. The van der Waals surface area contributed by atoms with E-state index in [1.54, 1.807) is 7.11 Å². The Hall–Kier alpha value is -2.50. The van der Waals surface area contributed by atoms with Gasteiger partial charge in [-0.15, -0.1) is 0 Å². The fourth-order valence-electron chi connectivity index (χ4n) is 2.43. The van der Waals surface area contributed by atoms with Crippen molar-refractivity contribution in [2.75, 3.05) is 19.5 Å². The second-order valence-corrected chi connectivity index (χ2v) is 6.61. The van der Waals surface area contributed by atoms with Crippen molar-refractivity contribution < 1.29 is 9.15 Å². The molecule has 1 N–H and O–H groups in total.